The quantitative estimate of drug-likeness (QED) is 0.584. The molecule has 8 heteroatoms. The second kappa shape index (κ2) is 6.33. The summed E-state index contributed by atoms with van der Waals surface area (Å²) in [5, 5.41) is 9.00. The lowest BCUT2D eigenvalue weighted by Crippen LogP contribution is -2.11. The maximum absolute atomic E-state index is 12.4. The molecule has 0 spiro atoms. The number of nitrogens with one attached hydrogen (secondary N) is 2. The summed E-state index contributed by atoms with van der Waals surface area (Å²) in [5.74, 6) is 0.777. The van der Waals surface area contributed by atoms with E-state index in [2.05, 4.69) is 25.4 Å². The fourth-order valence-electron chi connectivity index (χ4n) is 2.29. The third-order valence-electron chi connectivity index (χ3n) is 3.52. The minimum Gasteiger partial charge on any atom is -0.360 e. The highest BCUT2D eigenvalue weighted by atomic mass is 32.1. The standard InChI is InChI=1S/C17H13N5O2S/c1-10-19-16(24-22-10)12-6-4-11(5-7-12)15(23)21-17-20-14(9-25-17)13-3-2-8-18-13/h2-9,18H,1H3,(H,20,21,23). The Kier molecular flexibility index (Phi) is 3.87. The molecule has 124 valence electrons. The van der Waals surface area contributed by atoms with Gasteiger partial charge in [-0.05, 0) is 43.3 Å². The highest BCUT2D eigenvalue weighted by Crippen LogP contribution is 2.24. The SMILES string of the molecule is Cc1noc(-c2ccc(C(=O)Nc3nc(-c4ccc[nH]4)cs3)cc2)n1. The zero-order chi connectivity index (χ0) is 17.2. The van der Waals surface area contributed by atoms with Crippen molar-refractivity contribution in [2.45, 2.75) is 6.92 Å². The first-order valence-corrected chi connectivity index (χ1v) is 8.38. The van der Waals surface area contributed by atoms with Crippen LogP contribution in [0, 0.1) is 6.92 Å². The van der Waals surface area contributed by atoms with Crippen molar-refractivity contribution in [1.29, 1.82) is 0 Å². The van der Waals surface area contributed by atoms with Gasteiger partial charge in [-0.1, -0.05) is 5.16 Å². The van der Waals surface area contributed by atoms with E-state index < -0.39 is 0 Å². The number of anilines is 1. The molecule has 1 aromatic carbocycles. The third-order valence-corrected chi connectivity index (χ3v) is 4.28. The summed E-state index contributed by atoms with van der Waals surface area (Å²) in [5.41, 5.74) is 3.00. The van der Waals surface area contributed by atoms with Crippen LogP contribution < -0.4 is 5.32 Å². The van der Waals surface area contributed by atoms with Gasteiger partial charge in [-0.15, -0.1) is 11.3 Å². The van der Waals surface area contributed by atoms with Gasteiger partial charge in [0.25, 0.3) is 11.8 Å². The van der Waals surface area contributed by atoms with Gasteiger partial charge in [0.2, 0.25) is 0 Å². The number of carbonyl (C=O) groups is 1. The lowest BCUT2D eigenvalue weighted by Gasteiger charge is -2.02. The fraction of sp³-hybridized carbons (Fsp3) is 0.0588. The molecule has 0 aliphatic heterocycles. The summed E-state index contributed by atoms with van der Waals surface area (Å²) in [6.07, 6.45) is 1.83. The number of aryl methyl sites for hydroxylation is 1. The molecule has 7 nitrogen and oxygen atoms in total. The van der Waals surface area contributed by atoms with Gasteiger partial charge in [-0.25, -0.2) is 4.98 Å². The molecule has 4 aromatic rings. The van der Waals surface area contributed by atoms with Crippen LogP contribution >= 0.6 is 11.3 Å². The molecule has 0 radical (unpaired) electrons. The van der Waals surface area contributed by atoms with Gasteiger partial charge in [-0.3, -0.25) is 10.1 Å². The van der Waals surface area contributed by atoms with E-state index in [4.69, 9.17) is 4.52 Å². The van der Waals surface area contributed by atoms with Crippen LogP contribution in [0.4, 0.5) is 5.13 Å². The molecule has 0 fully saturated rings. The summed E-state index contributed by atoms with van der Waals surface area (Å²) >= 11 is 1.38. The van der Waals surface area contributed by atoms with E-state index in [0.717, 1.165) is 17.0 Å². The van der Waals surface area contributed by atoms with E-state index in [-0.39, 0.29) is 5.91 Å². The molecule has 0 saturated heterocycles. The number of H-pyrrole nitrogens is 1. The van der Waals surface area contributed by atoms with Gasteiger partial charge < -0.3 is 9.51 Å². The number of hydrogen-bond donors (Lipinski definition) is 2. The van der Waals surface area contributed by atoms with E-state index in [1.807, 2.05) is 23.7 Å². The highest BCUT2D eigenvalue weighted by Gasteiger charge is 2.12. The van der Waals surface area contributed by atoms with Crippen LogP contribution in [-0.4, -0.2) is 26.0 Å². The molecule has 2 N–H and O–H groups in total. The van der Waals surface area contributed by atoms with Crippen LogP contribution in [-0.2, 0) is 0 Å². The normalized spacial score (nSPS) is 10.8. The number of aromatic amines is 1. The fourth-order valence-corrected chi connectivity index (χ4v) is 3.00. The van der Waals surface area contributed by atoms with Crippen molar-refractivity contribution in [2.24, 2.45) is 0 Å². The van der Waals surface area contributed by atoms with Crippen LogP contribution in [0.25, 0.3) is 22.8 Å². The molecule has 0 atom stereocenters. The van der Waals surface area contributed by atoms with Crippen LogP contribution in [0.3, 0.4) is 0 Å². The average Bonchev–Trinajstić information content (AvgIpc) is 3.36. The first-order chi connectivity index (χ1) is 12.2. The van der Waals surface area contributed by atoms with E-state index in [1.165, 1.54) is 11.3 Å². The predicted molar refractivity (Wildman–Crippen MR) is 94.3 cm³/mol. The molecular formula is C17H13N5O2S. The minimum absolute atomic E-state index is 0.222. The number of amides is 1. The van der Waals surface area contributed by atoms with Crippen LogP contribution in [0.5, 0.6) is 0 Å². The van der Waals surface area contributed by atoms with Crippen molar-refractivity contribution in [2.75, 3.05) is 5.32 Å². The number of aromatic nitrogens is 4. The van der Waals surface area contributed by atoms with Gasteiger partial charge >= 0.3 is 0 Å². The predicted octanol–water partition coefficient (Wildman–Crippen LogP) is 3.75. The largest absolute Gasteiger partial charge is 0.360 e. The Morgan fingerprint density at radius 2 is 2.04 bits per heavy atom. The Labute approximate surface area is 146 Å². The molecule has 1 amide bonds. The Bertz CT molecular complexity index is 1000. The number of hydrogen-bond acceptors (Lipinski definition) is 6. The van der Waals surface area contributed by atoms with Gasteiger partial charge in [0.1, 0.15) is 0 Å². The Morgan fingerprint density at radius 3 is 2.72 bits per heavy atom. The van der Waals surface area contributed by atoms with Crippen molar-refractivity contribution >= 4 is 22.4 Å². The molecule has 0 aliphatic rings. The molecular weight excluding hydrogens is 338 g/mol. The van der Waals surface area contributed by atoms with E-state index in [0.29, 0.717) is 22.4 Å². The Hall–Kier alpha value is -3.26. The third kappa shape index (κ3) is 3.20. The van der Waals surface area contributed by atoms with Crippen LogP contribution in [0.15, 0.2) is 52.5 Å². The van der Waals surface area contributed by atoms with Crippen molar-refractivity contribution in [1.82, 2.24) is 20.1 Å². The number of nitrogens with zero attached hydrogens (tertiary/aromatic N) is 3. The topological polar surface area (TPSA) is 96.7 Å². The Balaban J connectivity index is 1.48. The van der Waals surface area contributed by atoms with Gasteiger partial charge in [0.05, 0.1) is 11.4 Å². The zero-order valence-electron chi connectivity index (χ0n) is 13.2. The summed E-state index contributed by atoms with van der Waals surface area (Å²) in [6.45, 7) is 1.75. The van der Waals surface area contributed by atoms with E-state index in [9.17, 15) is 4.79 Å². The molecule has 4 rings (SSSR count). The lowest BCUT2D eigenvalue weighted by atomic mass is 10.1. The second-order valence-electron chi connectivity index (χ2n) is 5.30. The molecule has 0 bridgehead atoms. The maximum atomic E-state index is 12.4. The Morgan fingerprint density at radius 1 is 1.20 bits per heavy atom. The van der Waals surface area contributed by atoms with Crippen molar-refractivity contribution in [3.8, 4) is 22.8 Å². The van der Waals surface area contributed by atoms with Crippen molar-refractivity contribution < 1.29 is 9.32 Å². The second-order valence-corrected chi connectivity index (χ2v) is 6.16. The lowest BCUT2D eigenvalue weighted by molar-refractivity contribution is 0.102. The van der Waals surface area contributed by atoms with Gasteiger partial charge in [-0.2, -0.15) is 4.98 Å². The maximum Gasteiger partial charge on any atom is 0.257 e. The minimum atomic E-state index is -0.222. The van der Waals surface area contributed by atoms with Crippen molar-refractivity contribution in [3.63, 3.8) is 0 Å². The van der Waals surface area contributed by atoms with Gasteiger partial charge in [0, 0.05) is 22.7 Å². The molecule has 0 saturated carbocycles. The number of thiazole rings is 1. The zero-order valence-corrected chi connectivity index (χ0v) is 14.0. The summed E-state index contributed by atoms with van der Waals surface area (Å²) in [6, 6.07) is 10.8. The number of carbonyl (C=O) groups excluding carboxylic acids is 1. The first-order valence-electron chi connectivity index (χ1n) is 7.50. The number of rotatable bonds is 4. The monoisotopic (exact) mass is 351 g/mol. The van der Waals surface area contributed by atoms with Crippen LogP contribution in [0.2, 0.25) is 0 Å². The highest BCUT2D eigenvalue weighted by molar-refractivity contribution is 7.14. The molecule has 25 heavy (non-hydrogen) atoms. The molecule has 3 aromatic heterocycles. The van der Waals surface area contributed by atoms with E-state index >= 15 is 0 Å². The van der Waals surface area contributed by atoms with Gasteiger partial charge in [0.15, 0.2) is 11.0 Å². The average molecular weight is 351 g/mol. The summed E-state index contributed by atoms with van der Waals surface area (Å²) in [7, 11) is 0. The van der Waals surface area contributed by atoms with E-state index in [1.54, 1.807) is 31.2 Å². The number of benzene rings is 1. The van der Waals surface area contributed by atoms with Crippen LogP contribution in [0.1, 0.15) is 16.2 Å². The first kappa shape index (κ1) is 15.3. The van der Waals surface area contributed by atoms with Crippen molar-refractivity contribution in [3.05, 3.63) is 59.4 Å². The molecule has 0 aliphatic carbocycles. The molecule has 3 heterocycles. The molecule has 0 unspecified atom stereocenters. The summed E-state index contributed by atoms with van der Waals surface area (Å²) < 4.78 is 5.11. The smallest absolute Gasteiger partial charge is 0.257 e. The summed E-state index contributed by atoms with van der Waals surface area (Å²) in [4.78, 5) is 24.0.